The third-order valence-electron chi connectivity index (χ3n) is 4.25. The average molecular weight is 402 g/mol. The van der Waals surface area contributed by atoms with Gasteiger partial charge in [0.2, 0.25) is 0 Å². The largest absolute Gasteiger partial charge is 0.478 e. The van der Waals surface area contributed by atoms with Crippen molar-refractivity contribution in [3.05, 3.63) is 68.8 Å². The highest BCUT2D eigenvalue weighted by atomic mass is 35.5. The van der Waals surface area contributed by atoms with Crippen LogP contribution in [-0.4, -0.2) is 15.6 Å². The summed E-state index contributed by atoms with van der Waals surface area (Å²) >= 11 is 12.3. The van der Waals surface area contributed by atoms with Gasteiger partial charge in [0.1, 0.15) is 0 Å². The van der Waals surface area contributed by atoms with E-state index >= 15 is 0 Å². The van der Waals surface area contributed by atoms with Crippen LogP contribution in [0, 0.1) is 0 Å². The number of carboxylic acids is 1. The van der Waals surface area contributed by atoms with Gasteiger partial charge in [-0.1, -0.05) is 29.3 Å². The molecule has 8 heteroatoms. The quantitative estimate of drug-likeness (QED) is 0.603. The highest BCUT2D eigenvalue weighted by molar-refractivity contribution is 6.38. The molecule has 3 aromatic rings. The number of rotatable bonds is 3. The van der Waals surface area contributed by atoms with Crippen molar-refractivity contribution in [2.24, 2.45) is 7.05 Å². The second kappa shape index (κ2) is 6.52. The van der Waals surface area contributed by atoms with Crippen LogP contribution in [0.1, 0.15) is 27.2 Å². The van der Waals surface area contributed by atoms with Crippen molar-refractivity contribution >= 4 is 40.1 Å². The number of alkyl halides is 3. The van der Waals surface area contributed by atoms with E-state index < -0.39 is 17.7 Å². The smallest absolute Gasteiger partial charge is 0.416 e. The molecule has 0 spiro atoms. The second-order valence-corrected chi connectivity index (χ2v) is 6.62. The SMILES string of the molecule is Cn1c(Cc2c(Cl)ccc(C(=O)O)c2Cl)cc2ccc(C(F)(F)F)cc21. The number of benzene rings is 2. The van der Waals surface area contributed by atoms with E-state index in [9.17, 15) is 23.1 Å². The number of aryl methyl sites for hydroxylation is 1. The molecule has 0 bridgehead atoms. The summed E-state index contributed by atoms with van der Waals surface area (Å²) in [5.74, 6) is -1.18. The van der Waals surface area contributed by atoms with Crippen molar-refractivity contribution in [2.75, 3.05) is 0 Å². The summed E-state index contributed by atoms with van der Waals surface area (Å²) in [4.78, 5) is 11.2. The third-order valence-corrected chi connectivity index (χ3v) is 5.03. The Morgan fingerprint density at radius 1 is 1.15 bits per heavy atom. The number of carbonyl (C=O) groups is 1. The first-order chi connectivity index (χ1) is 12.1. The molecule has 0 unspecified atom stereocenters. The Morgan fingerprint density at radius 2 is 1.85 bits per heavy atom. The Morgan fingerprint density at radius 3 is 2.46 bits per heavy atom. The molecular formula is C18H12Cl2F3NO2. The van der Waals surface area contributed by atoms with E-state index in [1.807, 2.05) is 0 Å². The summed E-state index contributed by atoms with van der Waals surface area (Å²) in [6.07, 6.45) is -4.24. The van der Waals surface area contributed by atoms with Crippen LogP contribution >= 0.6 is 23.2 Å². The van der Waals surface area contributed by atoms with Crippen molar-refractivity contribution in [1.29, 1.82) is 0 Å². The number of aromatic nitrogens is 1. The number of carboxylic acid groups (broad SMARTS) is 1. The second-order valence-electron chi connectivity index (χ2n) is 5.84. The van der Waals surface area contributed by atoms with E-state index in [1.54, 1.807) is 17.7 Å². The van der Waals surface area contributed by atoms with Crippen LogP contribution in [0.3, 0.4) is 0 Å². The first-order valence-corrected chi connectivity index (χ1v) is 8.21. The highest BCUT2D eigenvalue weighted by Crippen LogP contribution is 2.34. The van der Waals surface area contributed by atoms with Crippen molar-refractivity contribution in [2.45, 2.75) is 12.6 Å². The molecule has 1 aromatic heterocycles. The topological polar surface area (TPSA) is 42.2 Å². The predicted octanol–water partition coefficient (Wildman–Crippen LogP) is 5.79. The maximum atomic E-state index is 12.9. The fourth-order valence-corrected chi connectivity index (χ4v) is 3.42. The van der Waals surface area contributed by atoms with E-state index in [0.717, 1.165) is 12.1 Å². The standard InChI is InChI=1S/C18H12Cl2F3NO2/c1-24-11(6-9-2-3-10(7-15(9)24)18(21,22)23)8-13-14(19)5-4-12(16(13)20)17(25)26/h2-7H,8H2,1H3,(H,25,26). The Hall–Kier alpha value is -2.18. The molecule has 3 rings (SSSR count). The third kappa shape index (κ3) is 3.27. The summed E-state index contributed by atoms with van der Waals surface area (Å²) in [5.41, 5.74) is 0.670. The Balaban J connectivity index is 2.09. The van der Waals surface area contributed by atoms with E-state index in [-0.39, 0.29) is 17.0 Å². The number of nitrogens with zero attached hydrogens (tertiary/aromatic N) is 1. The van der Waals surface area contributed by atoms with Crippen LogP contribution < -0.4 is 0 Å². The van der Waals surface area contributed by atoms with Crippen LogP contribution in [0.15, 0.2) is 36.4 Å². The molecule has 136 valence electrons. The summed E-state index contributed by atoms with van der Waals surface area (Å²) in [6, 6.07) is 7.99. The minimum Gasteiger partial charge on any atom is -0.478 e. The normalized spacial score (nSPS) is 11.9. The Kier molecular flexibility index (Phi) is 4.67. The van der Waals surface area contributed by atoms with E-state index in [0.29, 0.717) is 27.2 Å². The fraction of sp³-hybridized carbons (Fsp3) is 0.167. The molecule has 0 saturated heterocycles. The van der Waals surface area contributed by atoms with Crippen LogP contribution in [0.25, 0.3) is 10.9 Å². The zero-order valence-electron chi connectivity index (χ0n) is 13.4. The molecule has 3 nitrogen and oxygen atoms in total. The molecule has 0 radical (unpaired) electrons. The van der Waals surface area contributed by atoms with Crippen LogP contribution in [0.2, 0.25) is 10.0 Å². The Bertz CT molecular complexity index is 1030. The number of hydrogen-bond donors (Lipinski definition) is 1. The summed E-state index contributed by atoms with van der Waals surface area (Å²) < 4.78 is 40.4. The zero-order valence-corrected chi connectivity index (χ0v) is 14.9. The number of hydrogen-bond acceptors (Lipinski definition) is 1. The number of aromatic carboxylic acids is 1. The van der Waals surface area contributed by atoms with E-state index in [2.05, 4.69) is 0 Å². The maximum Gasteiger partial charge on any atom is 0.416 e. The summed E-state index contributed by atoms with van der Waals surface area (Å²) in [7, 11) is 1.64. The maximum absolute atomic E-state index is 12.9. The van der Waals surface area contributed by atoms with Crippen molar-refractivity contribution in [3.8, 4) is 0 Å². The van der Waals surface area contributed by atoms with Crippen molar-refractivity contribution in [1.82, 2.24) is 4.57 Å². The van der Waals surface area contributed by atoms with E-state index in [1.165, 1.54) is 18.2 Å². The molecule has 0 fully saturated rings. The lowest BCUT2D eigenvalue weighted by Gasteiger charge is -2.11. The molecule has 1 heterocycles. The fourth-order valence-electron chi connectivity index (χ4n) is 2.84. The van der Waals surface area contributed by atoms with Gasteiger partial charge in [-0.2, -0.15) is 13.2 Å². The Labute approximate surface area is 156 Å². The molecule has 2 aromatic carbocycles. The lowest BCUT2D eigenvalue weighted by atomic mass is 10.1. The van der Waals surface area contributed by atoms with Gasteiger partial charge in [-0.25, -0.2) is 4.79 Å². The molecule has 0 aliphatic rings. The first kappa shape index (κ1) is 18.6. The molecule has 26 heavy (non-hydrogen) atoms. The molecule has 1 N–H and O–H groups in total. The average Bonchev–Trinajstić information content (AvgIpc) is 2.86. The number of fused-ring (bicyclic) bond motifs is 1. The van der Waals surface area contributed by atoms with Gasteiger partial charge in [0.15, 0.2) is 0 Å². The van der Waals surface area contributed by atoms with Gasteiger partial charge in [0.25, 0.3) is 0 Å². The first-order valence-electron chi connectivity index (χ1n) is 7.45. The van der Waals surface area contributed by atoms with Gasteiger partial charge in [-0.3, -0.25) is 0 Å². The predicted molar refractivity (Wildman–Crippen MR) is 94.1 cm³/mol. The van der Waals surface area contributed by atoms with Gasteiger partial charge >= 0.3 is 12.1 Å². The lowest BCUT2D eigenvalue weighted by Crippen LogP contribution is -2.05. The van der Waals surface area contributed by atoms with Crippen molar-refractivity contribution in [3.63, 3.8) is 0 Å². The monoisotopic (exact) mass is 401 g/mol. The molecule has 0 aliphatic heterocycles. The van der Waals surface area contributed by atoms with E-state index in [4.69, 9.17) is 23.2 Å². The van der Waals surface area contributed by atoms with Gasteiger partial charge in [-0.15, -0.1) is 0 Å². The summed E-state index contributed by atoms with van der Waals surface area (Å²) in [5, 5.41) is 10.1. The lowest BCUT2D eigenvalue weighted by molar-refractivity contribution is -0.137. The van der Waals surface area contributed by atoms with Gasteiger partial charge in [0, 0.05) is 29.7 Å². The minimum absolute atomic E-state index is 0.0197. The van der Waals surface area contributed by atoms with Gasteiger partial charge < -0.3 is 9.67 Å². The zero-order chi connectivity index (χ0) is 19.2. The van der Waals surface area contributed by atoms with Gasteiger partial charge in [-0.05, 0) is 41.3 Å². The molecule has 0 saturated carbocycles. The van der Waals surface area contributed by atoms with Crippen LogP contribution in [0.4, 0.5) is 13.2 Å². The van der Waals surface area contributed by atoms with Crippen LogP contribution in [-0.2, 0) is 19.6 Å². The molecule has 0 amide bonds. The number of halogens is 5. The molecular weight excluding hydrogens is 390 g/mol. The van der Waals surface area contributed by atoms with Crippen molar-refractivity contribution < 1.29 is 23.1 Å². The minimum atomic E-state index is -4.43. The highest BCUT2D eigenvalue weighted by Gasteiger charge is 2.30. The molecule has 0 atom stereocenters. The van der Waals surface area contributed by atoms with Gasteiger partial charge in [0.05, 0.1) is 16.1 Å². The summed E-state index contributed by atoms with van der Waals surface area (Å²) in [6.45, 7) is 0. The van der Waals surface area contributed by atoms with Crippen LogP contribution in [0.5, 0.6) is 0 Å². The molecule has 0 aliphatic carbocycles.